The fourth-order valence-electron chi connectivity index (χ4n) is 1.79. The Morgan fingerprint density at radius 1 is 1.22 bits per heavy atom. The smallest absolute Gasteiger partial charge is 0.329 e. The van der Waals surface area contributed by atoms with E-state index in [9.17, 15) is 14.4 Å². The van der Waals surface area contributed by atoms with Crippen molar-refractivity contribution in [2.24, 2.45) is 0 Å². The number of nitrogens with zero attached hydrogens (tertiary/aromatic N) is 1. The van der Waals surface area contributed by atoms with Crippen LogP contribution in [0, 0.1) is 0 Å². The Bertz CT molecular complexity index is 344. The standard InChI is InChI=1S/C13H19NO4/c1-3-5-6-9-18-13(17)10(4-2)14-11(15)7-8-12(14)16/h7-8,10H,3-6,9H2,1-2H3. The third kappa shape index (κ3) is 3.42. The van der Waals surface area contributed by atoms with E-state index in [1.54, 1.807) is 6.92 Å². The minimum Gasteiger partial charge on any atom is -0.464 e. The molecule has 1 unspecified atom stereocenters. The number of amides is 2. The van der Waals surface area contributed by atoms with Gasteiger partial charge in [0, 0.05) is 12.2 Å². The largest absolute Gasteiger partial charge is 0.464 e. The molecule has 1 rings (SSSR count). The molecule has 5 nitrogen and oxygen atoms in total. The number of unbranched alkanes of at least 4 members (excludes halogenated alkanes) is 2. The Hall–Kier alpha value is -1.65. The first-order chi connectivity index (χ1) is 8.61. The summed E-state index contributed by atoms with van der Waals surface area (Å²) in [4.78, 5) is 35.7. The van der Waals surface area contributed by atoms with E-state index >= 15 is 0 Å². The molecule has 1 aliphatic heterocycles. The lowest BCUT2D eigenvalue weighted by Gasteiger charge is -2.23. The van der Waals surface area contributed by atoms with E-state index in [-0.39, 0.29) is 0 Å². The van der Waals surface area contributed by atoms with Gasteiger partial charge in [0.2, 0.25) is 0 Å². The molecule has 0 saturated carbocycles. The van der Waals surface area contributed by atoms with Crippen LogP contribution in [0.1, 0.15) is 39.5 Å². The van der Waals surface area contributed by atoms with E-state index in [0.29, 0.717) is 13.0 Å². The topological polar surface area (TPSA) is 63.7 Å². The second-order valence-corrected chi connectivity index (χ2v) is 4.18. The Balaban J connectivity index is 2.52. The van der Waals surface area contributed by atoms with Crippen LogP contribution in [0.3, 0.4) is 0 Å². The molecule has 1 atom stereocenters. The molecular formula is C13H19NO4. The van der Waals surface area contributed by atoms with Gasteiger partial charge in [0.1, 0.15) is 6.04 Å². The molecule has 0 spiro atoms. The fourth-order valence-corrected chi connectivity index (χ4v) is 1.79. The lowest BCUT2D eigenvalue weighted by molar-refractivity contribution is -0.157. The maximum absolute atomic E-state index is 11.8. The second-order valence-electron chi connectivity index (χ2n) is 4.18. The van der Waals surface area contributed by atoms with Gasteiger partial charge in [-0.25, -0.2) is 4.79 Å². The molecule has 1 heterocycles. The highest BCUT2D eigenvalue weighted by Gasteiger charge is 2.35. The van der Waals surface area contributed by atoms with E-state index in [1.807, 2.05) is 0 Å². The first-order valence-electron chi connectivity index (χ1n) is 6.33. The first-order valence-corrected chi connectivity index (χ1v) is 6.33. The minimum absolute atomic E-state index is 0.340. The number of hydrogen-bond acceptors (Lipinski definition) is 4. The monoisotopic (exact) mass is 253 g/mol. The van der Waals surface area contributed by atoms with Crippen LogP contribution in [0.5, 0.6) is 0 Å². The second kappa shape index (κ2) is 6.93. The van der Waals surface area contributed by atoms with Gasteiger partial charge in [-0.3, -0.25) is 14.5 Å². The maximum atomic E-state index is 11.8. The normalized spacial score (nSPS) is 16.2. The van der Waals surface area contributed by atoms with Crippen molar-refractivity contribution in [3.05, 3.63) is 12.2 Å². The molecule has 18 heavy (non-hydrogen) atoms. The van der Waals surface area contributed by atoms with Crippen molar-refractivity contribution < 1.29 is 19.1 Å². The maximum Gasteiger partial charge on any atom is 0.329 e. The van der Waals surface area contributed by atoms with Crippen molar-refractivity contribution in [1.82, 2.24) is 4.90 Å². The summed E-state index contributed by atoms with van der Waals surface area (Å²) in [5, 5.41) is 0. The predicted molar refractivity (Wildman–Crippen MR) is 65.6 cm³/mol. The summed E-state index contributed by atoms with van der Waals surface area (Å²) in [5.41, 5.74) is 0. The van der Waals surface area contributed by atoms with Crippen LogP contribution in [0.4, 0.5) is 0 Å². The zero-order valence-corrected chi connectivity index (χ0v) is 10.8. The van der Waals surface area contributed by atoms with Gasteiger partial charge < -0.3 is 4.74 Å². The minimum atomic E-state index is -0.804. The molecule has 0 aliphatic carbocycles. The van der Waals surface area contributed by atoms with Crippen LogP contribution in [0.2, 0.25) is 0 Å². The Morgan fingerprint density at radius 2 is 1.83 bits per heavy atom. The van der Waals surface area contributed by atoms with Crippen molar-refractivity contribution in [2.75, 3.05) is 6.61 Å². The average Bonchev–Trinajstić information content (AvgIpc) is 2.67. The van der Waals surface area contributed by atoms with Gasteiger partial charge in [-0.2, -0.15) is 0 Å². The van der Waals surface area contributed by atoms with Crippen LogP contribution < -0.4 is 0 Å². The molecule has 0 radical (unpaired) electrons. The zero-order chi connectivity index (χ0) is 13.5. The molecule has 0 aromatic rings. The summed E-state index contributed by atoms with van der Waals surface area (Å²) in [7, 11) is 0. The third-order valence-electron chi connectivity index (χ3n) is 2.81. The van der Waals surface area contributed by atoms with Gasteiger partial charge >= 0.3 is 5.97 Å². The summed E-state index contributed by atoms with van der Waals surface area (Å²) in [6.07, 6.45) is 5.56. The molecule has 0 saturated heterocycles. The lowest BCUT2D eigenvalue weighted by atomic mass is 10.2. The van der Waals surface area contributed by atoms with Gasteiger partial charge in [-0.15, -0.1) is 0 Å². The predicted octanol–water partition coefficient (Wildman–Crippen LogP) is 1.42. The van der Waals surface area contributed by atoms with Gasteiger partial charge in [0.25, 0.3) is 11.8 Å². The molecule has 0 bridgehead atoms. The number of carbonyl (C=O) groups excluding carboxylic acids is 3. The van der Waals surface area contributed by atoms with Crippen LogP contribution >= 0.6 is 0 Å². The Labute approximate surface area is 107 Å². The molecule has 0 aromatic heterocycles. The molecule has 5 heteroatoms. The van der Waals surface area contributed by atoms with E-state index in [0.717, 1.165) is 24.2 Å². The number of hydrogen-bond donors (Lipinski definition) is 0. The van der Waals surface area contributed by atoms with Gasteiger partial charge in [0.15, 0.2) is 0 Å². The highest BCUT2D eigenvalue weighted by molar-refractivity contribution is 6.14. The number of carbonyl (C=O) groups is 3. The van der Waals surface area contributed by atoms with E-state index < -0.39 is 23.8 Å². The SMILES string of the molecule is CCCCCOC(=O)C(CC)N1C(=O)C=CC1=O. The molecule has 1 aliphatic rings. The third-order valence-corrected chi connectivity index (χ3v) is 2.81. The Kier molecular flexibility index (Phi) is 5.55. The van der Waals surface area contributed by atoms with Crippen LogP contribution in [-0.4, -0.2) is 35.3 Å². The van der Waals surface area contributed by atoms with Crippen molar-refractivity contribution in [3.63, 3.8) is 0 Å². The van der Waals surface area contributed by atoms with Crippen LogP contribution in [0.15, 0.2) is 12.2 Å². The highest BCUT2D eigenvalue weighted by atomic mass is 16.5. The lowest BCUT2D eigenvalue weighted by Crippen LogP contribution is -2.45. The van der Waals surface area contributed by atoms with Crippen LogP contribution in [-0.2, 0) is 19.1 Å². The van der Waals surface area contributed by atoms with Crippen molar-refractivity contribution >= 4 is 17.8 Å². The fraction of sp³-hybridized carbons (Fsp3) is 0.615. The molecule has 100 valence electrons. The number of esters is 1. The van der Waals surface area contributed by atoms with Crippen molar-refractivity contribution in [1.29, 1.82) is 0 Å². The summed E-state index contributed by atoms with van der Waals surface area (Å²) < 4.78 is 5.09. The molecule has 0 aromatic carbocycles. The van der Waals surface area contributed by atoms with Crippen LogP contribution in [0.25, 0.3) is 0 Å². The van der Waals surface area contributed by atoms with E-state index in [2.05, 4.69) is 6.92 Å². The van der Waals surface area contributed by atoms with Crippen molar-refractivity contribution in [2.45, 2.75) is 45.6 Å². The molecular weight excluding hydrogens is 234 g/mol. The number of rotatable bonds is 7. The summed E-state index contributed by atoms with van der Waals surface area (Å²) in [5.74, 6) is -1.39. The molecule has 0 fully saturated rings. The van der Waals surface area contributed by atoms with Crippen molar-refractivity contribution in [3.8, 4) is 0 Å². The summed E-state index contributed by atoms with van der Waals surface area (Å²) in [6, 6.07) is -0.804. The molecule has 0 N–H and O–H groups in total. The van der Waals surface area contributed by atoms with Gasteiger partial charge in [0.05, 0.1) is 6.61 Å². The first kappa shape index (κ1) is 14.4. The highest BCUT2D eigenvalue weighted by Crippen LogP contribution is 2.13. The quantitative estimate of drug-likeness (QED) is 0.391. The Morgan fingerprint density at radius 3 is 2.33 bits per heavy atom. The van der Waals surface area contributed by atoms with Gasteiger partial charge in [-0.05, 0) is 12.8 Å². The zero-order valence-electron chi connectivity index (χ0n) is 10.8. The number of ether oxygens (including phenoxy) is 1. The van der Waals surface area contributed by atoms with E-state index in [4.69, 9.17) is 4.74 Å². The number of imide groups is 1. The van der Waals surface area contributed by atoms with Gasteiger partial charge in [-0.1, -0.05) is 26.7 Å². The summed E-state index contributed by atoms with van der Waals surface area (Å²) in [6.45, 7) is 4.15. The molecule has 2 amide bonds. The summed E-state index contributed by atoms with van der Waals surface area (Å²) >= 11 is 0. The van der Waals surface area contributed by atoms with E-state index in [1.165, 1.54) is 12.2 Å². The average molecular weight is 253 g/mol.